The van der Waals surface area contributed by atoms with Gasteiger partial charge in [-0.1, -0.05) is 0 Å². The van der Waals surface area contributed by atoms with E-state index >= 15 is 0 Å². The van der Waals surface area contributed by atoms with E-state index in [1.165, 1.54) is 5.69 Å². The maximum atomic E-state index is 6.03. The second kappa shape index (κ2) is 4.63. The van der Waals surface area contributed by atoms with Crippen LogP contribution in [0.4, 0.5) is 11.4 Å². The van der Waals surface area contributed by atoms with E-state index in [0.29, 0.717) is 0 Å². The van der Waals surface area contributed by atoms with Gasteiger partial charge in [-0.2, -0.15) is 0 Å². The average Bonchev–Trinajstić information content (AvgIpc) is 2.37. The highest BCUT2D eigenvalue weighted by Crippen LogP contribution is 2.33. The van der Waals surface area contributed by atoms with Crippen LogP contribution in [0.5, 0.6) is 0 Å². The minimum Gasteiger partial charge on any atom is -0.397 e. The standard InChI is InChI=1S/C16H21N3O/c1-11-9-19(10-16(2,3)20-11)14-7-6-13(17)15-12(14)5-4-8-18-15/h4-8,11H,9-10,17H2,1-3H3. The molecule has 0 aliphatic carbocycles. The number of morpholine rings is 1. The number of rotatable bonds is 1. The molecule has 0 amide bonds. The third-order valence-corrected chi connectivity index (χ3v) is 3.69. The maximum Gasteiger partial charge on any atom is 0.0951 e. The topological polar surface area (TPSA) is 51.4 Å². The summed E-state index contributed by atoms with van der Waals surface area (Å²) in [6.45, 7) is 8.13. The Morgan fingerprint density at radius 3 is 2.90 bits per heavy atom. The number of benzene rings is 1. The SMILES string of the molecule is CC1CN(c2ccc(N)c3ncccc23)CC(C)(C)O1. The minimum atomic E-state index is -0.145. The molecule has 1 aliphatic rings. The lowest BCUT2D eigenvalue weighted by Crippen LogP contribution is -2.52. The molecule has 4 nitrogen and oxygen atoms in total. The highest BCUT2D eigenvalue weighted by Gasteiger charge is 2.32. The molecule has 106 valence electrons. The number of anilines is 2. The summed E-state index contributed by atoms with van der Waals surface area (Å²) in [5, 5.41) is 1.11. The number of aromatic nitrogens is 1. The van der Waals surface area contributed by atoms with E-state index in [0.717, 1.165) is 29.7 Å². The van der Waals surface area contributed by atoms with Crippen molar-refractivity contribution in [1.29, 1.82) is 0 Å². The molecule has 0 saturated carbocycles. The molecular weight excluding hydrogens is 250 g/mol. The van der Waals surface area contributed by atoms with E-state index in [1.807, 2.05) is 12.1 Å². The van der Waals surface area contributed by atoms with E-state index in [2.05, 4.69) is 42.8 Å². The Kier molecular flexibility index (Phi) is 3.05. The average molecular weight is 271 g/mol. The lowest BCUT2D eigenvalue weighted by Gasteiger charge is -2.43. The third kappa shape index (κ3) is 2.31. The zero-order valence-electron chi connectivity index (χ0n) is 12.3. The first-order valence-corrected chi connectivity index (χ1v) is 7.02. The van der Waals surface area contributed by atoms with Crippen LogP contribution < -0.4 is 10.6 Å². The summed E-state index contributed by atoms with van der Waals surface area (Å²) in [5.74, 6) is 0. The van der Waals surface area contributed by atoms with Crippen LogP contribution in [0.2, 0.25) is 0 Å². The second-order valence-electron chi connectivity index (χ2n) is 6.14. The van der Waals surface area contributed by atoms with Gasteiger partial charge in [-0.25, -0.2) is 0 Å². The number of hydrogen-bond donors (Lipinski definition) is 1. The zero-order valence-corrected chi connectivity index (χ0v) is 12.3. The van der Waals surface area contributed by atoms with Crippen molar-refractivity contribution in [2.75, 3.05) is 23.7 Å². The van der Waals surface area contributed by atoms with Gasteiger partial charge in [0.05, 0.1) is 22.9 Å². The molecule has 1 fully saturated rings. The predicted molar refractivity (Wildman–Crippen MR) is 83.0 cm³/mol. The largest absolute Gasteiger partial charge is 0.397 e. The number of fused-ring (bicyclic) bond motifs is 1. The van der Waals surface area contributed by atoms with Crippen LogP contribution in [-0.2, 0) is 4.74 Å². The van der Waals surface area contributed by atoms with Gasteiger partial charge >= 0.3 is 0 Å². The van der Waals surface area contributed by atoms with Gasteiger partial charge in [-0.15, -0.1) is 0 Å². The Morgan fingerprint density at radius 1 is 1.35 bits per heavy atom. The van der Waals surface area contributed by atoms with Crippen molar-refractivity contribution in [1.82, 2.24) is 4.98 Å². The molecule has 0 radical (unpaired) electrons. The fourth-order valence-corrected chi connectivity index (χ4v) is 3.09. The Morgan fingerprint density at radius 2 is 2.15 bits per heavy atom. The van der Waals surface area contributed by atoms with Crippen LogP contribution in [-0.4, -0.2) is 29.8 Å². The first-order valence-electron chi connectivity index (χ1n) is 7.02. The number of pyridine rings is 1. The first kappa shape index (κ1) is 13.2. The molecule has 1 aromatic carbocycles. The summed E-state index contributed by atoms with van der Waals surface area (Å²) in [5.41, 5.74) is 8.67. The minimum absolute atomic E-state index is 0.145. The first-order chi connectivity index (χ1) is 9.46. The van der Waals surface area contributed by atoms with Gasteiger partial charge in [0, 0.05) is 30.4 Å². The van der Waals surface area contributed by atoms with Crippen molar-refractivity contribution < 1.29 is 4.74 Å². The van der Waals surface area contributed by atoms with Crippen molar-refractivity contribution >= 4 is 22.3 Å². The van der Waals surface area contributed by atoms with Crippen LogP contribution >= 0.6 is 0 Å². The van der Waals surface area contributed by atoms with E-state index < -0.39 is 0 Å². The summed E-state index contributed by atoms with van der Waals surface area (Å²) < 4.78 is 5.98. The number of nitrogens with zero attached hydrogens (tertiary/aromatic N) is 2. The number of hydrogen-bond acceptors (Lipinski definition) is 4. The van der Waals surface area contributed by atoms with Crippen LogP contribution in [0.1, 0.15) is 20.8 Å². The van der Waals surface area contributed by atoms with Gasteiger partial charge in [0.2, 0.25) is 0 Å². The molecule has 2 heterocycles. The Labute approximate surface area is 119 Å². The summed E-state index contributed by atoms with van der Waals surface area (Å²) in [6.07, 6.45) is 2.00. The highest BCUT2D eigenvalue weighted by atomic mass is 16.5. The van der Waals surface area contributed by atoms with Gasteiger partial charge in [0.25, 0.3) is 0 Å². The highest BCUT2D eigenvalue weighted by molar-refractivity contribution is 5.98. The van der Waals surface area contributed by atoms with Crippen molar-refractivity contribution in [3.63, 3.8) is 0 Å². The molecule has 3 rings (SSSR count). The summed E-state index contributed by atoms with van der Waals surface area (Å²) in [4.78, 5) is 6.78. The predicted octanol–water partition coefficient (Wildman–Crippen LogP) is 2.82. The van der Waals surface area contributed by atoms with Gasteiger partial charge in [-0.05, 0) is 45.0 Å². The molecule has 20 heavy (non-hydrogen) atoms. The van der Waals surface area contributed by atoms with E-state index in [9.17, 15) is 0 Å². The summed E-state index contributed by atoms with van der Waals surface area (Å²) in [6, 6.07) is 8.08. The molecule has 1 unspecified atom stereocenters. The lowest BCUT2D eigenvalue weighted by atomic mass is 10.0. The molecule has 0 spiro atoms. The lowest BCUT2D eigenvalue weighted by molar-refractivity contribution is -0.0749. The zero-order chi connectivity index (χ0) is 14.3. The molecule has 2 aromatic rings. The molecule has 1 saturated heterocycles. The van der Waals surface area contributed by atoms with Gasteiger partial charge < -0.3 is 15.4 Å². The number of ether oxygens (including phenoxy) is 1. The van der Waals surface area contributed by atoms with Gasteiger partial charge in [-0.3, -0.25) is 4.98 Å². The molecule has 0 bridgehead atoms. The second-order valence-corrected chi connectivity index (χ2v) is 6.14. The summed E-state index contributed by atoms with van der Waals surface area (Å²) >= 11 is 0. The number of nitrogens with two attached hydrogens (primary N) is 1. The molecular formula is C16H21N3O. The maximum absolute atomic E-state index is 6.03. The quantitative estimate of drug-likeness (QED) is 0.810. The van der Waals surface area contributed by atoms with Crippen molar-refractivity contribution in [3.8, 4) is 0 Å². The van der Waals surface area contributed by atoms with Crippen LogP contribution in [0.15, 0.2) is 30.5 Å². The number of nitrogen functional groups attached to an aromatic ring is 1. The van der Waals surface area contributed by atoms with Gasteiger partial charge in [0.1, 0.15) is 0 Å². The molecule has 1 atom stereocenters. The van der Waals surface area contributed by atoms with Crippen molar-refractivity contribution in [2.24, 2.45) is 0 Å². The molecule has 1 aliphatic heterocycles. The Hall–Kier alpha value is -1.81. The monoisotopic (exact) mass is 271 g/mol. The fraction of sp³-hybridized carbons (Fsp3) is 0.438. The summed E-state index contributed by atoms with van der Waals surface area (Å²) in [7, 11) is 0. The van der Waals surface area contributed by atoms with Crippen LogP contribution in [0.3, 0.4) is 0 Å². The van der Waals surface area contributed by atoms with Crippen molar-refractivity contribution in [2.45, 2.75) is 32.5 Å². The fourth-order valence-electron chi connectivity index (χ4n) is 3.09. The van der Waals surface area contributed by atoms with Crippen LogP contribution in [0, 0.1) is 0 Å². The van der Waals surface area contributed by atoms with E-state index in [-0.39, 0.29) is 11.7 Å². The molecule has 1 aromatic heterocycles. The van der Waals surface area contributed by atoms with Crippen LogP contribution in [0.25, 0.3) is 10.9 Å². The van der Waals surface area contributed by atoms with Gasteiger partial charge in [0.15, 0.2) is 0 Å². The molecule has 2 N–H and O–H groups in total. The Bertz CT molecular complexity index is 639. The molecule has 4 heteroatoms. The van der Waals surface area contributed by atoms with E-state index in [1.54, 1.807) is 6.20 Å². The Balaban J connectivity index is 2.08. The normalized spacial score (nSPS) is 22.1. The third-order valence-electron chi connectivity index (χ3n) is 3.69. The van der Waals surface area contributed by atoms with Crippen molar-refractivity contribution in [3.05, 3.63) is 30.5 Å². The van der Waals surface area contributed by atoms with E-state index in [4.69, 9.17) is 10.5 Å². The smallest absolute Gasteiger partial charge is 0.0951 e.